The van der Waals surface area contributed by atoms with E-state index in [-0.39, 0.29) is 5.16 Å². The van der Waals surface area contributed by atoms with E-state index in [9.17, 15) is 0 Å². The van der Waals surface area contributed by atoms with E-state index in [1.54, 1.807) is 7.11 Å². The summed E-state index contributed by atoms with van der Waals surface area (Å²) in [6, 6.07) is 22.8. The summed E-state index contributed by atoms with van der Waals surface area (Å²) in [5, 5.41) is 1.20. The maximum absolute atomic E-state index is 6.33. The van der Waals surface area contributed by atoms with Crippen molar-refractivity contribution in [3.05, 3.63) is 89.0 Å². The molecule has 1 atom stereocenters. The monoisotopic (exact) mass is 419 g/mol. The fourth-order valence-electron chi connectivity index (χ4n) is 3.54. The minimum absolute atomic E-state index is 0.136. The number of aryl methyl sites for hydroxylation is 1. The van der Waals surface area contributed by atoms with Crippen LogP contribution in [0.15, 0.2) is 71.7 Å². The van der Waals surface area contributed by atoms with Gasteiger partial charge < -0.3 is 9.47 Å². The van der Waals surface area contributed by atoms with Crippen molar-refractivity contribution in [2.75, 3.05) is 14.2 Å². The third kappa shape index (κ3) is 5.09. The molecule has 0 bridgehead atoms. The van der Waals surface area contributed by atoms with Gasteiger partial charge in [-0.2, -0.15) is 0 Å². The zero-order chi connectivity index (χ0) is 21.6. The maximum Gasteiger partial charge on any atom is 0.165 e. The zero-order valence-corrected chi connectivity index (χ0v) is 19.4. The van der Waals surface area contributed by atoms with Crippen molar-refractivity contribution in [2.45, 2.75) is 32.5 Å². The lowest BCUT2D eigenvalue weighted by molar-refractivity contribution is 0.279. The fraction of sp³-hybridized carbons (Fsp3) is 0.269. The van der Waals surface area contributed by atoms with E-state index in [0.29, 0.717) is 15.2 Å². The number of aliphatic imine (C=N–C) groups is 1. The highest BCUT2D eigenvalue weighted by molar-refractivity contribution is 7.48. The van der Waals surface area contributed by atoms with E-state index in [1.807, 2.05) is 43.6 Å². The van der Waals surface area contributed by atoms with Crippen molar-refractivity contribution in [3.63, 3.8) is 0 Å². The second-order valence-corrected chi connectivity index (χ2v) is 9.79. The van der Waals surface area contributed by atoms with Gasteiger partial charge >= 0.3 is 0 Å². The summed E-state index contributed by atoms with van der Waals surface area (Å²) in [5.41, 5.74) is 4.75. The van der Waals surface area contributed by atoms with E-state index in [4.69, 9.17) is 9.47 Å². The summed E-state index contributed by atoms with van der Waals surface area (Å²) < 4.78 is 12.0. The van der Waals surface area contributed by atoms with E-state index in [0.717, 1.165) is 22.6 Å². The molecule has 3 rings (SSSR count). The van der Waals surface area contributed by atoms with E-state index in [1.165, 1.54) is 16.4 Å². The molecule has 3 nitrogen and oxygen atoms in total. The van der Waals surface area contributed by atoms with Gasteiger partial charge in [0.2, 0.25) is 0 Å². The van der Waals surface area contributed by atoms with Crippen molar-refractivity contribution < 1.29 is 9.47 Å². The van der Waals surface area contributed by atoms with Gasteiger partial charge in [-0.15, -0.1) is 0 Å². The second kappa shape index (κ2) is 9.91. The van der Waals surface area contributed by atoms with Crippen LogP contribution in [-0.4, -0.2) is 20.4 Å². The molecule has 0 radical (unpaired) electrons. The Hall–Kier alpha value is -2.64. The molecule has 0 saturated carbocycles. The summed E-state index contributed by atoms with van der Waals surface area (Å²) in [4.78, 5) is 4.25. The number of para-hydroxylation sites is 1. The van der Waals surface area contributed by atoms with E-state index in [2.05, 4.69) is 62.2 Å². The molecule has 0 aliphatic heterocycles. The first kappa shape index (κ1) is 22.1. The smallest absolute Gasteiger partial charge is 0.165 e. The highest BCUT2D eigenvalue weighted by Gasteiger charge is 2.28. The van der Waals surface area contributed by atoms with Crippen LogP contribution in [0.1, 0.15) is 36.1 Å². The van der Waals surface area contributed by atoms with Crippen LogP contribution >= 0.6 is 8.58 Å². The van der Waals surface area contributed by atoms with Crippen LogP contribution < -0.4 is 14.8 Å². The minimum atomic E-state index is -0.136. The number of benzene rings is 3. The molecule has 4 heteroatoms. The minimum Gasteiger partial charge on any atom is -0.493 e. The number of nitrogens with zero attached hydrogens (tertiary/aromatic N) is 1. The molecule has 0 amide bonds. The van der Waals surface area contributed by atoms with Crippen molar-refractivity contribution in [1.29, 1.82) is 0 Å². The highest BCUT2D eigenvalue weighted by atomic mass is 31.1. The lowest BCUT2D eigenvalue weighted by Gasteiger charge is -2.30. The molecular weight excluding hydrogens is 389 g/mol. The van der Waals surface area contributed by atoms with Crippen LogP contribution in [0.3, 0.4) is 0 Å². The highest BCUT2D eigenvalue weighted by Crippen LogP contribution is 2.48. The second-order valence-electron chi connectivity index (χ2n) is 7.79. The van der Waals surface area contributed by atoms with Gasteiger partial charge in [0.05, 0.1) is 7.11 Å². The Labute approximate surface area is 182 Å². The zero-order valence-electron chi connectivity index (χ0n) is 18.4. The van der Waals surface area contributed by atoms with Crippen LogP contribution in [0.4, 0.5) is 0 Å². The van der Waals surface area contributed by atoms with Gasteiger partial charge in [0.25, 0.3) is 0 Å². The number of hydrogen-bond acceptors (Lipinski definition) is 3. The normalized spacial score (nSPS) is 12.0. The van der Waals surface area contributed by atoms with Crippen molar-refractivity contribution >= 4 is 20.1 Å². The summed E-state index contributed by atoms with van der Waals surface area (Å²) in [7, 11) is 4.07. The molecule has 0 saturated heterocycles. The average molecular weight is 420 g/mol. The number of hydrogen-bond donors (Lipinski definition) is 0. The van der Waals surface area contributed by atoms with Crippen molar-refractivity contribution in [3.8, 4) is 11.5 Å². The average Bonchev–Trinajstić information content (AvgIpc) is 2.75. The SMILES string of the molecule is C/N=C/c1cccc(C)c1PC(C)(C)c1cccc(OC)c1OCc1ccccc1. The molecule has 3 aromatic rings. The Bertz CT molecular complexity index is 1010. The maximum atomic E-state index is 6.33. The van der Waals surface area contributed by atoms with Crippen molar-refractivity contribution in [2.24, 2.45) is 4.99 Å². The van der Waals surface area contributed by atoms with Crippen LogP contribution in [0, 0.1) is 6.92 Å². The van der Waals surface area contributed by atoms with Gasteiger partial charge in [-0.05, 0) is 35.0 Å². The molecule has 0 N–H and O–H groups in total. The molecule has 156 valence electrons. The van der Waals surface area contributed by atoms with Gasteiger partial charge in [-0.25, -0.2) is 0 Å². The summed E-state index contributed by atoms with van der Waals surface area (Å²) in [6.07, 6.45) is 1.95. The molecule has 0 aromatic heterocycles. The molecule has 3 aromatic carbocycles. The summed E-state index contributed by atoms with van der Waals surface area (Å²) >= 11 is 0. The van der Waals surface area contributed by atoms with Crippen LogP contribution in [0.2, 0.25) is 0 Å². The molecule has 0 aliphatic carbocycles. The van der Waals surface area contributed by atoms with Gasteiger partial charge in [-0.1, -0.05) is 83.1 Å². The molecule has 0 aliphatic rings. The standard InChI is InChI=1S/C26H30NO2P/c1-19-11-9-14-21(17-27-4)25(19)30-26(2,3)22-15-10-16-23(28-5)24(22)29-18-20-12-7-6-8-13-20/h6-17,30H,18H2,1-5H3/b27-17+. The Morgan fingerprint density at radius 3 is 2.40 bits per heavy atom. The third-order valence-corrected chi connectivity index (χ3v) is 6.94. The molecule has 0 fully saturated rings. The first-order chi connectivity index (χ1) is 14.5. The molecule has 0 spiro atoms. The largest absolute Gasteiger partial charge is 0.493 e. The van der Waals surface area contributed by atoms with Crippen LogP contribution in [0.25, 0.3) is 0 Å². The van der Waals surface area contributed by atoms with E-state index < -0.39 is 0 Å². The lowest BCUT2D eigenvalue weighted by Crippen LogP contribution is -2.20. The predicted molar refractivity (Wildman–Crippen MR) is 129 cm³/mol. The molecule has 1 unspecified atom stereocenters. The fourth-order valence-corrected chi connectivity index (χ4v) is 5.06. The third-order valence-electron chi connectivity index (χ3n) is 5.11. The van der Waals surface area contributed by atoms with Gasteiger partial charge in [0, 0.05) is 24.0 Å². The Balaban J connectivity index is 1.98. The summed E-state index contributed by atoms with van der Waals surface area (Å²) in [6.45, 7) is 7.22. The lowest BCUT2D eigenvalue weighted by atomic mass is 10.0. The number of rotatable bonds is 8. The van der Waals surface area contributed by atoms with E-state index >= 15 is 0 Å². The first-order valence-corrected chi connectivity index (χ1v) is 11.1. The Morgan fingerprint density at radius 1 is 0.967 bits per heavy atom. The number of ether oxygens (including phenoxy) is 2. The van der Waals surface area contributed by atoms with Crippen molar-refractivity contribution in [1.82, 2.24) is 0 Å². The Morgan fingerprint density at radius 2 is 1.70 bits per heavy atom. The topological polar surface area (TPSA) is 30.8 Å². The van der Waals surface area contributed by atoms with Crippen LogP contribution in [0.5, 0.6) is 11.5 Å². The van der Waals surface area contributed by atoms with Gasteiger partial charge in [0.1, 0.15) is 6.61 Å². The quantitative estimate of drug-likeness (QED) is 0.338. The molecular formula is C26H30NO2P. The Kier molecular flexibility index (Phi) is 7.29. The molecule has 30 heavy (non-hydrogen) atoms. The number of methoxy groups -OCH3 is 1. The van der Waals surface area contributed by atoms with Gasteiger partial charge in [0.15, 0.2) is 11.5 Å². The van der Waals surface area contributed by atoms with Gasteiger partial charge in [-0.3, -0.25) is 4.99 Å². The summed E-state index contributed by atoms with van der Waals surface area (Å²) in [5.74, 6) is 1.59. The molecule has 0 heterocycles. The first-order valence-electron chi connectivity index (χ1n) is 10.1. The predicted octanol–water partition coefficient (Wildman–Crippen LogP) is 5.87. The van der Waals surface area contributed by atoms with Crippen LogP contribution in [-0.2, 0) is 11.8 Å².